The van der Waals surface area contributed by atoms with Gasteiger partial charge in [0.15, 0.2) is 4.80 Å². The molecule has 0 atom stereocenters. The molecule has 2 aromatic carbocycles. The lowest BCUT2D eigenvalue weighted by molar-refractivity contribution is 0.0600. The topological polar surface area (TPSA) is 60.7 Å². The summed E-state index contributed by atoms with van der Waals surface area (Å²) >= 11 is 1.27. The first kappa shape index (κ1) is 18.0. The van der Waals surface area contributed by atoms with Gasteiger partial charge in [-0.3, -0.25) is 4.79 Å². The molecular weight excluding hydrogens is 355 g/mol. The minimum atomic E-state index is -0.465. The van der Waals surface area contributed by atoms with Gasteiger partial charge < -0.3 is 9.30 Å². The number of nitrogens with zero attached hydrogens (tertiary/aromatic N) is 2. The number of carbonyl (C=O) groups excluding carboxylic acids is 2. The Kier molecular flexibility index (Phi) is 5.27. The van der Waals surface area contributed by atoms with Crippen molar-refractivity contribution in [3.63, 3.8) is 0 Å². The van der Waals surface area contributed by atoms with E-state index < -0.39 is 11.9 Å². The number of halogens is 1. The molecular formula is C19H17FN2O3S. The highest BCUT2D eigenvalue weighted by Crippen LogP contribution is 2.19. The number of rotatable bonds is 4. The highest BCUT2D eigenvalue weighted by Gasteiger charge is 2.11. The Balaban J connectivity index is 2.02. The molecule has 134 valence electrons. The molecule has 0 aliphatic carbocycles. The van der Waals surface area contributed by atoms with E-state index in [9.17, 15) is 14.0 Å². The third-order valence-corrected chi connectivity index (χ3v) is 4.88. The average Bonchev–Trinajstić information content (AvgIpc) is 2.97. The van der Waals surface area contributed by atoms with Gasteiger partial charge in [0.1, 0.15) is 5.82 Å². The van der Waals surface area contributed by atoms with Gasteiger partial charge in [-0.25, -0.2) is 9.18 Å². The second-order valence-electron chi connectivity index (χ2n) is 5.63. The maximum atomic E-state index is 13.5. The van der Waals surface area contributed by atoms with E-state index in [1.807, 2.05) is 11.5 Å². The van der Waals surface area contributed by atoms with Gasteiger partial charge in [0.05, 0.1) is 22.9 Å². The van der Waals surface area contributed by atoms with E-state index in [-0.39, 0.29) is 5.82 Å². The molecule has 0 N–H and O–H groups in total. The zero-order chi connectivity index (χ0) is 18.7. The molecule has 5 nitrogen and oxygen atoms in total. The molecule has 1 amide bonds. The first-order valence-electron chi connectivity index (χ1n) is 8.10. The molecule has 0 aliphatic rings. The average molecular weight is 372 g/mol. The van der Waals surface area contributed by atoms with Gasteiger partial charge in [0.2, 0.25) is 0 Å². The Morgan fingerprint density at radius 2 is 1.85 bits per heavy atom. The third kappa shape index (κ3) is 3.57. The molecule has 0 fully saturated rings. The summed E-state index contributed by atoms with van der Waals surface area (Å²) in [5.74, 6) is -1.20. The number of benzene rings is 2. The van der Waals surface area contributed by atoms with E-state index >= 15 is 0 Å². The molecule has 0 saturated heterocycles. The van der Waals surface area contributed by atoms with Gasteiger partial charge in [0, 0.05) is 12.1 Å². The summed E-state index contributed by atoms with van der Waals surface area (Å²) in [6.07, 6.45) is 0.860. The number of ether oxygens (including phenoxy) is 1. The third-order valence-electron chi connectivity index (χ3n) is 3.84. The van der Waals surface area contributed by atoms with Crippen molar-refractivity contribution in [1.82, 2.24) is 4.57 Å². The summed E-state index contributed by atoms with van der Waals surface area (Å²) in [6.45, 7) is 2.70. The summed E-state index contributed by atoms with van der Waals surface area (Å²) in [5, 5.41) is 0. The number of esters is 1. The van der Waals surface area contributed by atoms with Crippen LogP contribution in [0.1, 0.15) is 34.1 Å². The lowest BCUT2D eigenvalue weighted by atomic mass is 10.1. The van der Waals surface area contributed by atoms with E-state index in [0.717, 1.165) is 16.6 Å². The number of aromatic nitrogens is 1. The van der Waals surface area contributed by atoms with Crippen LogP contribution in [0.4, 0.5) is 4.39 Å². The number of methoxy groups -OCH3 is 1. The highest BCUT2D eigenvalue weighted by atomic mass is 32.1. The Hall–Kier alpha value is -2.80. The van der Waals surface area contributed by atoms with Crippen molar-refractivity contribution >= 4 is 33.4 Å². The van der Waals surface area contributed by atoms with E-state index in [1.165, 1.54) is 54.8 Å². The van der Waals surface area contributed by atoms with Crippen molar-refractivity contribution < 1.29 is 18.7 Å². The zero-order valence-electron chi connectivity index (χ0n) is 14.4. The molecule has 0 aliphatic heterocycles. The molecule has 7 heteroatoms. The number of amides is 1. The second-order valence-corrected chi connectivity index (χ2v) is 6.64. The van der Waals surface area contributed by atoms with Crippen LogP contribution in [0.15, 0.2) is 47.5 Å². The number of fused-ring (bicyclic) bond motifs is 1. The Morgan fingerprint density at radius 1 is 1.15 bits per heavy atom. The molecule has 0 unspecified atom stereocenters. The van der Waals surface area contributed by atoms with Crippen molar-refractivity contribution in [2.45, 2.75) is 19.9 Å². The van der Waals surface area contributed by atoms with Crippen molar-refractivity contribution in [3.8, 4) is 0 Å². The van der Waals surface area contributed by atoms with Gasteiger partial charge in [-0.15, -0.1) is 0 Å². The van der Waals surface area contributed by atoms with Crippen molar-refractivity contribution in [2.75, 3.05) is 7.11 Å². The van der Waals surface area contributed by atoms with E-state index in [0.29, 0.717) is 22.5 Å². The lowest BCUT2D eigenvalue weighted by Crippen LogP contribution is -2.16. The number of carbonyl (C=O) groups is 2. The van der Waals surface area contributed by atoms with Crippen LogP contribution in [0, 0.1) is 5.82 Å². The van der Waals surface area contributed by atoms with E-state index in [2.05, 4.69) is 9.73 Å². The summed E-state index contributed by atoms with van der Waals surface area (Å²) in [7, 11) is 1.30. The smallest absolute Gasteiger partial charge is 0.337 e. The van der Waals surface area contributed by atoms with E-state index in [1.54, 1.807) is 6.07 Å². The van der Waals surface area contributed by atoms with Gasteiger partial charge in [0.25, 0.3) is 5.91 Å². The fraction of sp³-hybridized carbons (Fsp3) is 0.211. The maximum absolute atomic E-state index is 13.5. The zero-order valence-corrected chi connectivity index (χ0v) is 15.2. The van der Waals surface area contributed by atoms with Crippen LogP contribution >= 0.6 is 11.3 Å². The number of hydrogen-bond donors (Lipinski definition) is 0. The van der Waals surface area contributed by atoms with Gasteiger partial charge in [-0.2, -0.15) is 4.99 Å². The molecule has 3 aromatic rings. The number of hydrogen-bond acceptors (Lipinski definition) is 4. The summed E-state index contributed by atoms with van der Waals surface area (Å²) in [5.41, 5.74) is 1.58. The van der Waals surface area contributed by atoms with Crippen molar-refractivity contribution in [2.24, 2.45) is 4.99 Å². The van der Waals surface area contributed by atoms with Crippen LogP contribution < -0.4 is 4.80 Å². The maximum Gasteiger partial charge on any atom is 0.337 e. The monoisotopic (exact) mass is 372 g/mol. The fourth-order valence-corrected chi connectivity index (χ4v) is 3.67. The first-order valence-corrected chi connectivity index (χ1v) is 8.91. The van der Waals surface area contributed by atoms with Gasteiger partial charge in [-0.1, -0.05) is 18.3 Å². The number of aryl methyl sites for hydroxylation is 1. The van der Waals surface area contributed by atoms with Crippen LogP contribution in [0.2, 0.25) is 0 Å². The predicted octanol–water partition coefficient (Wildman–Crippen LogP) is 3.78. The van der Waals surface area contributed by atoms with E-state index in [4.69, 9.17) is 0 Å². The van der Waals surface area contributed by atoms with Gasteiger partial charge in [-0.05, 0) is 48.9 Å². The quantitative estimate of drug-likeness (QED) is 0.655. The van der Waals surface area contributed by atoms with Crippen molar-refractivity contribution in [1.29, 1.82) is 0 Å². The fourth-order valence-electron chi connectivity index (χ4n) is 2.59. The molecule has 0 spiro atoms. The van der Waals surface area contributed by atoms with Crippen LogP contribution in [0.3, 0.4) is 0 Å². The van der Waals surface area contributed by atoms with Crippen LogP contribution in [-0.2, 0) is 11.3 Å². The first-order chi connectivity index (χ1) is 12.5. The second kappa shape index (κ2) is 7.61. The van der Waals surface area contributed by atoms with Crippen LogP contribution in [0.5, 0.6) is 0 Å². The minimum Gasteiger partial charge on any atom is -0.465 e. The van der Waals surface area contributed by atoms with Crippen LogP contribution in [0.25, 0.3) is 10.2 Å². The minimum absolute atomic E-state index is 0.321. The highest BCUT2D eigenvalue weighted by molar-refractivity contribution is 7.16. The molecule has 1 aromatic heterocycles. The SMILES string of the molecule is CCCn1c(=NC(=O)c2ccc(C(=O)OC)cc2)sc2cc(F)ccc21. The van der Waals surface area contributed by atoms with Crippen LogP contribution in [-0.4, -0.2) is 23.6 Å². The number of thiazole rings is 1. The van der Waals surface area contributed by atoms with Gasteiger partial charge >= 0.3 is 5.97 Å². The normalized spacial score (nSPS) is 11.7. The van der Waals surface area contributed by atoms with Crippen molar-refractivity contribution in [3.05, 3.63) is 64.2 Å². The lowest BCUT2D eigenvalue weighted by Gasteiger charge is -2.03. The molecule has 0 radical (unpaired) electrons. The molecule has 0 saturated carbocycles. The standard InChI is InChI=1S/C19H17FN2O3S/c1-3-10-22-15-9-8-14(20)11-16(15)26-19(22)21-17(23)12-4-6-13(7-5-12)18(24)25-2/h4-9,11H,3,10H2,1-2H3. The Morgan fingerprint density at radius 3 is 2.50 bits per heavy atom. The molecule has 1 heterocycles. The summed E-state index contributed by atoms with van der Waals surface area (Å²) < 4.78 is 20.8. The summed E-state index contributed by atoms with van der Waals surface area (Å²) in [6, 6.07) is 10.7. The largest absolute Gasteiger partial charge is 0.465 e. The summed E-state index contributed by atoms with van der Waals surface area (Å²) in [4.78, 5) is 28.7. The Bertz CT molecular complexity index is 1040. The molecule has 0 bridgehead atoms. The Labute approximate surface area is 153 Å². The molecule has 3 rings (SSSR count). The predicted molar refractivity (Wildman–Crippen MR) is 97.7 cm³/mol. The molecule has 26 heavy (non-hydrogen) atoms.